The van der Waals surface area contributed by atoms with Crippen molar-refractivity contribution >= 4 is 23.6 Å². The number of ether oxygens (including phenoxy) is 2. The van der Waals surface area contributed by atoms with Crippen LogP contribution in [-0.2, 0) is 16.0 Å². The van der Waals surface area contributed by atoms with E-state index in [4.69, 9.17) is 14.0 Å². The van der Waals surface area contributed by atoms with E-state index in [0.717, 1.165) is 12.1 Å². The second kappa shape index (κ2) is 9.51. The molecule has 1 saturated carbocycles. The van der Waals surface area contributed by atoms with Gasteiger partial charge in [-0.05, 0) is 38.3 Å². The maximum Gasteiger partial charge on any atom is 0.514 e. The van der Waals surface area contributed by atoms with Crippen LogP contribution in [0.5, 0.6) is 5.75 Å². The highest BCUT2D eigenvalue weighted by Gasteiger charge is 2.30. The van der Waals surface area contributed by atoms with E-state index in [2.05, 4.69) is 20.7 Å². The highest BCUT2D eigenvalue weighted by Crippen LogP contribution is 2.36. The number of anilines is 1. The first-order valence-corrected chi connectivity index (χ1v) is 10.3. The Morgan fingerprint density at radius 3 is 2.76 bits per heavy atom. The Hall–Kier alpha value is -4.22. The summed E-state index contributed by atoms with van der Waals surface area (Å²) in [6, 6.07) is 8.61. The minimum atomic E-state index is -0.866. The summed E-state index contributed by atoms with van der Waals surface area (Å²) in [6.07, 6.45) is 0.835. The number of nitro benzene ring substituents is 1. The average molecular weight is 455 g/mol. The number of carbonyl (C=O) groups excluding carboxylic acids is 2. The summed E-state index contributed by atoms with van der Waals surface area (Å²) in [7, 11) is 0. The van der Waals surface area contributed by atoms with Crippen LogP contribution in [0.4, 0.5) is 16.3 Å². The van der Waals surface area contributed by atoms with Crippen LogP contribution in [0.1, 0.15) is 42.3 Å². The van der Waals surface area contributed by atoms with Crippen LogP contribution in [0.3, 0.4) is 0 Å². The fraction of sp³-hybridized carbons (Fsp3) is 0.333. The van der Waals surface area contributed by atoms with E-state index in [9.17, 15) is 19.7 Å². The van der Waals surface area contributed by atoms with E-state index >= 15 is 0 Å². The van der Waals surface area contributed by atoms with Gasteiger partial charge >= 0.3 is 6.16 Å². The number of nitrogens with zero attached hydrogens (tertiary/aromatic N) is 3. The summed E-state index contributed by atoms with van der Waals surface area (Å²) in [5.74, 6) is 0.836. The molecular weight excluding hydrogens is 434 g/mol. The molecule has 1 amide bonds. The standard InChI is InChI=1S/C21H21N5O7/c1-12-8-17(33-25-12)10-20(27)22-19-11-18(23-24-19)13-2-5-16(9-13)32-21(28)31-15-6-3-14(4-7-15)26(29)30/h3-4,6-8,11,13,16H,2,5,9-10H2,1H3,(H2,22,23,24,27). The molecule has 172 valence electrons. The largest absolute Gasteiger partial charge is 0.514 e. The van der Waals surface area contributed by atoms with Crippen LogP contribution >= 0.6 is 0 Å². The Balaban J connectivity index is 1.25. The molecule has 2 unspecified atom stereocenters. The van der Waals surface area contributed by atoms with Crippen molar-refractivity contribution < 1.29 is 28.5 Å². The van der Waals surface area contributed by atoms with Gasteiger partial charge in [0.15, 0.2) is 5.82 Å². The predicted octanol–water partition coefficient (Wildman–Crippen LogP) is 3.65. The molecule has 12 heteroatoms. The van der Waals surface area contributed by atoms with Crippen LogP contribution in [-0.4, -0.2) is 38.4 Å². The topological polar surface area (TPSA) is 162 Å². The molecule has 12 nitrogen and oxygen atoms in total. The van der Waals surface area contributed by atoms with Crippen molar-refractivity contribution in [1.29, 1.82) is 0 Å². The van der Waals surface area contributed by atoms with Gasteiger partial charge in [0.1, 0.15) is 17.6 Å². The summed E-state index contributed by atoms with van der Waals surface area (Å²) >= 11 is 0. The molecular formula is C21H21N5O7. The average Bonchev–Trinajstić information content (AvgIpc) is 3.50. The molecule has 0 bridgehead atoms. The number of non-ortho nitro benzene ring substituents is 1. The Labute approximate surface area is 187 Å². The summed E-state index contributed by atoms with van der Waals surface area (Å²) in [6.45, 7) is 1.78. The molecule has 0 aliphatic heterocycles. The Morgan fingerprint density at radius 2 is 2.06 bits per heavy atom. The van der Waals surface area contributed by atoms with Crippen LogP contribution < -0.4 is 10.1 Å². The van der Waals surface area contributed by atoms with Crippen molar-refractivity contribution in [2.75, 3.05) is 5.32 Å². The van der Waals surface area contributed by atoms with Gasteiger partial charge in [0.25, 0.3) is 5.69 Å². The molecule has 2 heterocycles. The number of nitro groups is 1. The van der Waals surface area contributed by atoms with E-state index in [1.165, 1.54) is 24.3 Å². The summed E-state index contributed by atoms with van der Waals surface area (Å²) in [5.41, 5.74) is 1.43. The number of H-pyrrole nitrogens is 1. The zero-order valence-corrected chi connectivity index (χ0v) is 17.6. The maximum atomic E-state index is 12.1. The van der Waals surface area contributed by atoms with Crippen molar-refractivity contribution in [2.45, 2.75) is 44.6 Å². The number of carbonyl (C=O) groups is 2. The van der Waals surface area contributed by atoms with Crippen molar-refractivity contribution in [1.82, 2.24) is 15.4 Å². The molecule has 4 rings (SSSR count). The number of aromatic amines is 1. The van der Waals surface area contributed by atoms with Crippen molar-refractivity contribution in [3.05, 3.63) is 63.7 Å². The lowest BCUT2D eigenvalue weighted by atomic mass is 10.0. The van der Waals surface area contributed by atoms with Gasteiger partial charge in [0.2, 0.25) is 5.91 Å². The predicted molar refractivity (Wildman–Crippen MR) is 113 cm³/mol. The lowest BCUT2D eigenvalue weighted by Gasteiger charge is -2.12. The van der Waals surface area contributed by atoms with Crippen molar-refractivity contribution in [2.24, 2.45) is 0 Å². The van der Waals surface area contributed by atoms with E-state index in [1.807, 2.05) is 0 Å². The monoisotopic (exact) mass is 455 g/mol. The first kappa shape index (κ1) is 22.0. The number of aromatic nitrogens is 3. The normalized spacial score (nSPS) is 17.5. The second-order valence-corrected chi connectivity index (χ2v) is 7.72. The highest BCUT2D eigenvalue weighted by molar-refractivity contribution is 5.91. The minimum absolute atomic E-state index is 0.0548. The fourth-order valence-electron chi connectivity index (χ4n) is 3.68. The van der Waals surface area contributed by atoms with Crippen LogP contribution in [0.2, 0.25) is 0 Å². The van der Waals surface area contributed by atoms with Crippen molar-refractivity contribution in [3.63, 3.8) is 0 Å². The van der Waals surface area contributed by atoms with Crippen molar-refractivity contribution in [3.8, 4) is 5.75 Å². The van der Waals surface area contributed by atoms with Gasteiger partial charge in [-0.1, -0.05) is 5.16 Å². The quantitative estimate of drug-likeness (QED) is 0.234. The minimum Gasteiger partial charge on any atom is -0.431 e. The van der Waals surface area contributed by atoms with Gasteiger partial charge in [-0.25, -0.2) is 4.79 Å². The number of benzene rings is 1. The van der Waals surface area contributed by atoms with Gasteiger partial charge in [0, 0.05) is 35.9 Å². The number of rotatable bonds is 7. The first-order chi connectivity index (χ1) is 15.9. The lowest BCUT2D eigenvalue weighted by Crippen LogP contribution is -2.18. The molecule has 0 saturated heterocycles. The molecule has 1 aliphatic carbocycles. The van der Waals surface area contributed by atoms with Gasteiger partial charge < -0.3 is 19.3 Å². The van der Waals surface area contributed by atoms with Crippen LogP contribution in [0, 0.1) is 17.0 Å². The molecule has 1 fully saturated rings. The highest BCUT2D eigenvalue weighted by atomic mass is 16.7. The number of hydrogen-bond acceptors (Lipinski definition) is 9. The number of amides is 1. The van der Waals surface area contributed by atoms with E-state index in [0.29, 0.717) is 30.1 Å². The zero-order chi connectivity index (χ0) is 23.4. The number of hydrogen-bond donors (Lipinski definition) is 2. The molecule has 1 aromatic carbocycles. The van der Waals surface area contributed by atoms with E-state index in [1.54, 1.807) is 19.1 Å². The molecule has 1 aliphatic rings. The number of nitrogens with one attached hydrogen (secondary N) is 2. The zero-order valence-electron chi connectivity index (χ0n) is 17.6. The summed E-state index contributed by atoms with van der Waals surface area (Å²) in [4.78, 5) is 34.3. The maximum absolute atomic E-state index is 12.1. The molecule has 2 aromatic heterocycles. The first-order valence-electron chi connectivity index (χ1n) is 10.3. The van der Waals surface area contributed by atoms with Gasteiger partial charge in [-0.2, -0.15) is 5.10 Å². The molecule has 0 spiro atoms. The van der Waals surface area contributed by atoms with E-state index < -0.39 is 11.1 Å². The van der Waals surface area contributed by atoms with Gasteiger partial charge in [0.05, 0.1) is 17.0 Å². The molecule has 2 atom stereocenters. The van der Waals surface area contributed by atoms with E-state index in [-0.39, 0.29) is 35.8 Å². The SMILES string of the molecule is Cc1cc(CC(=O)Nc2cc(C3CCC(OC(=O)Oc4ccc([N+](=O)[O-])cc4)C3)[nH]n2)on1. The third-order valence-corrected chi connectivity index (χ3v) is 5.21. The summed E-state index contributed by atoms with van der Waals surface area (Å²) < 4.78 is 15.5. The Morgan fingerprint density at radius 1 is 1.27 bits per heavy atom. The second-order valence-electron chi connectivity index (χ2n) is 7.72. The van der Waals surface area contributed by atoms with Gasteiger partial charge in [-0.15, -0.1) is 0 Å². The number of aryl methyl sites for hydroxylation is 1. The van der Waals surface area contributed by atoms with Gasteiger partial charge in [-0.3, -0.25) is 20.0 Å². The third-order valence-electron chi connectivity index (χ3n) is 5.21. The Kier molecular flexibility index (Phi) is 6.33. The fourth-order valence-corrected chi connectivity index (χ4v) is 3.68. The molecule has 2 N–H and O–H groups in total. The Bertz CT molecular complexity index is 1150. The van der Waals surface area contributed by atoms with Crippen LogP contribution in [0.25, 0.3) is 0 Å². The smallest absolute Gasteiger partial charge is 0.431 e. The van der Waals surface area contributed by atoms with Crippen LogP contribution in [0.15, 0.2) is 40.9 Å². The third kappa shape index (κ3) is 5.73. The molecule has 0 radical (unpaired) electrons. The molecule has 33 heavy (non-hydrogen) atoms. The lowest BCUT2D eigenvalue weighted by molar-refractivity contribution is -0.384. The summed E-state index contributed by atoms with van der Waals surface area (Å²) in [5, 5.41) is 24.2. The molecule has 3 aromatic rings.